The molecule has 0 aromatic heterocycles. The topological polar surface area (TPSA) is 9.23 Å². The molecule has 17 heavy (non-hydrogen) atoms. The van der Waals surface area contributed by atoms with Gasteiger partial charge in [0.05, 0.1) is 5.02 Å². The van der Waals surface area contributed by atoms with E-state index >= 15 is 0 Å². The number of benzene rings is 2. The van der Waals surface area contributed by atoms with Crippen molar-refractivity contribution < 1.29 is 9.13 Å². The van der Waals surface area contributed by atoms with Crippen molar-refractivity contribution in [3.8, 4) is 5.75 Å². The molecule has 0 heterocycles. The van der Waals surface area contributed by atoms with Crippen molar-refractivity contribution in [2.45, 2.75) is 6.61 Å². The number of hydrogen-bond acceptors (Lipinski definition) is 1. The van der Waals surface area contributed by atoms with E-state index in [2.05, 4.69) is 0 Å². The van der Waals surface area contributed by atoms with Gasteiger partial charge < -0.3 is 4.74 Å². The van der Waals surface area contributed by atoms with Crippen molar-refractivity contribution in [2.24, 2.45) is 0 Å². The molecule has 0 fully saturated rings. The van der Waals surface area contributed by atoms with Gasteiger partial charge in [0.15, 0.2) is 0 Å². The van der Waals surface area contributed by atoms with Crippen LogP contribution in [0.1, 0.15) is 5.56 Å². The van der Waals surface area contributed by atoms with Crippen LogP contribution in [0.15, 0.2) is 42.5 Å². The normalized spacial score (nSPS) is 10.3. The monoisotopic (exact) mass is 270 g/mol. The third-order valence-electron chi connectivity index (χ3n) is 2.24. The molecular weight excluding hydrogens is 262 g/mol. The van der Waals surface area contributed by atoms with Crippen LogP contribution in [0.2, 0.25) is 10.0 Å². The summed E-state index contributed by atoms with van der Waals surface area (Å²) in [7, 11) is 0. The molecule has 0 N–H and O–H groups in total. The van der Waals surface area contributed by atoms with Crippen LogP contribution in [-0.2, 0) is 6.61 Å². The Bertz CT molecular complexity index is 514. The van der Waals surface area contributed by atoms with Crippen LogP contribution in [0.5, 0.6) is 5.75 Å². The summed E-state index contributed by atoms with van der Waals surface area (Å²) < 4.78 is 18.5. The second kappa shape index (κ2) is 5.39. The zero-order chi connectivity index (χ0) is 12.3. The Morgan fingerprint density at radius 3 is 2.35 bits per heavy atom. The van der Waals surface area contributed by atoms with E-state index in [1.165, 1.54) is 12.1 Å². The van der Waals surface area contributed by atoms with Crippen molar-refractivity contribution in [1.29, 1.82) is 0 Å². The molecule has 2 aromatic carbocycles. The van der Waals surface area contributed by atoms with E-state index < -0.39 is 5.82 Å². The smallest absolute Gasteiger partial charge is 0.143 e. The van der Waals surface area contributed by atoms with E-state index in [1.807, 2.05) is 30.3 Å². The van der Waals surface area contributed by atoms with Crippen LogP contribution in [0.3, 0.4) is 0 Å². The van der Waals surface area contributed by atoms with Crippen molar-refractivity contribution in [1.82, 2.24) is 0 Å². The second-order valence-electron chi connectivity index (χ2n) is 3.45. The molecule has 0 spiro atoms. The molecule has 0 aliphatic carbocycles. The minimum Gasteiger partial charge on any atom is -0.487 e. The number of rotatable bonds is 3. The molecule has 2 rings (SSSR count). The van der Waals surface area contributed by atoms with Crippen LogP contribution in [0.4, 0.5) is 4.39 Å². The van der Waals surface area contributed by atoms with Crippen LogP contribution in [0.25, 0.3) is 0 Å². The lowest BCUT2D eigenvalue weighted by Gasteiger charge is -2.09. The summed E-state index contributed by atoms with van der Waals surface area (Å²) >= 11 is 11.5. The van der Waals surface area contributed by atoms with Crippen molar-refractivity contribution in [2.75, 3.05) is 0 Å². The molecule has 0 radical (unpaired) electrons. The first-order valence-corrected chi connectivity index (χ1v) is 5.74. The quantitative estimate of drug-likeness (QED) is 0.734. The Morgan fingerprint density at radius 1 is 0.941 bits per heavy atom. The summed E-state index contributed by atoms with van der Waals surface area (Å²) in [5, 5.41) is -0.0140. The number of hydrogen-bond donors (Lipinski definition) is 0. The van der Waals surface area contributed by atoms with Gasteiger partial charge in [-0.05, 0) is 17.7 Å². The van der Waals surface area contributed by atoms with Crippen molar-refractivity contribution in [3.63, 3.8) is 0 Å². The summed E-state index contributed by atoms with van der Waals surface area (Å²) in [6.07, 6.45) is 0. The second-order valence-corrected chi connectivity index (χ2v) is 4.20. The summed E-state index contributed by atoms with van der Waals surface area (Å²) in [6.45, 7) is 0.364. The van der Waals surface area contributed by atoms with Gasteiger partial charge in [-0.2, -0.15) is 0 Å². The first kappa shape index (κ1) is 12.2. The van der Waals surface area contributed by atoms with Gasteiger partial charge in [-0.15, -0.1) is 0 Å². The molecule has 2 aromatic rings. The SMILES string of the molecule is Fc1ccc(OCc2ccccc2)c(Cl)c1Cl. The maximum Gasteiger partial charge on any atom is 0.143 e. The van der Waals surface area contributed by atoms with E-state index in [4.69, 9.17) is 27.9 Å². The minimum atomic E-state index is -0.552. The largest absolute Gasteiger partial charge is 0.487 e. The third-order valence-corrected chi connectivity index (χ3v) is 3.08. The molecule has 0 aliphatic heterocycles. The highest BCUT2D eigenvalue weighted by atomic mass is 35.5. The minimum absolute atomic E-state index is 0.0996. The first-order chi connectivity index (χ1) is 8.18. The molecule has 0 atom stereocenters. The first-order valence-electron chi connectivity index (χ1n) is 4.98. The van der Waals surface area contributed by atoms with Gasteiger partial charge in [0.1, 0.15) is 23.2 Å². The Hall–Kier alpha value is -1.25. The van der Waals surface area contributed by atoms with Crippen molar-refractivity contribution in [3.05, 3.63) is 63.9 Å². The Labute approximate surface area is 109 Å². The predicted molar refractivity (Wildman–Crippen MR) is 67.2 cm³/mol. The van der Waals surface area contributed by atoms with Gasteiger partial charge in [0.2, 0.25) is 0 Å². The fourth-order valence-corrected chi connectivity index (χ4v) is 1.72. The maximum absolute atomic E-state index is 13.1. The summed E-state index contributed by atoms with van der Waals surface area (Å²) in [4.78, 5) is 0. The fourth-order valence-electron chi connectivity index (χ4n) is 1.35. The molecular formula is C13H9Cl2FO. The summed E-state index contributed by atoms with van der Waals surface area (Å²) in [6, 6.07) is 12.3. The van der Waals surface area contributed by atoms with Crippen LogP contribution < -0.4 is 4.74 Å². The van der Waals surface area contributed by atoms with E-state index in [1.54, 1.807) is 0 Å². The molecule has 0 amide bonds. The van der Waals surface area contributed by atoms with Gasteiger partial charge in [-0.1, -0.05) is 53.5 Å². The highest BCUT2D eigenvalue weighted by molar-refractivity contribution is 6.43. The Kier molecular flexibility index (Phi) is 3.87. The number of ether oxygens (including phenoxy) is 1. The lowest BCUT2D eigenvalue weighted by molar-refractivity contribution is 0.306. The molecule has 0 unspecified atom stereocenters. The summed E-state index contributed by atoms with van der Waals surface area (Å²) in [5.74, 6) is -0.175. The van der Waals surface area contributed by atoms with Gasteiger partial charge in [-0.25, -0.2) is 4.39 Å². The zero-order valence-corrected chi connectivity index (χ0v) is 10.3. The molecule has 0 bridgehead atoms. The Balaban J connectivity index is 2.13. The summed E-state index contributed by atoms with van der Waals surface area (Å²) in [5.41, 5.74) is 1.00. The maximum atomic E-state index is 13.1. The van der Waals surface area contributed by atoms with Crippen molar-refractivity contribution >= 4 is 23.2 Å². The average Bonchev–Trinajstić information content (AvgIpc) is 2.36. The van der Waals surface area contributed by atoms with Gasteiger partial charge in [-0.3, -0.25) is 0 Å². The molecule has 4 heteroatoms. The molecule has 0 aliphatic rings. The fraction of sp³-hybridized carbons (Fsp3) is 0.0769. The lowest BCUT2D eigenvalue weighted by Crippen LogP contribution is -1.96. The zero-order valence-electron chi connectivity index (χ0n) is 8.79. The molecule has 0 saturated heterocycles. The number of halogens is 3. The predicted octanol–water partition coefficient (Wildman–Crippen LogP) is 4.71. The van der Waals surface area contributed by atoms with E-state index in [9.17, 15) is 4.39 Å². The Morgan fingerprint density at radius 2 is 1.65 bits per heavy atom. The van der Waals surface area contributed by atoms with Crippen LogP contribution in [0, 0.1) is 5.82 Å². The standard InChI is InChI=1S/C13H9Cl2FO/c14-12-10(16)6-7-11(13(12)15)17-8-9-4-2-1-3-5-9/h1-7H,8H2. The highest BCUT2D eigenvalue weighted by Gasteiger charge is 2.10. The van der Waals surface area contributed by atoms with E-state index in [0.29, 0.717) is 12.4 Å². The lowest BCUT2D eigenvalue weighted by atomic mass is 10.2. The highest BCUT2D eigenvalue weighted by Crippen LogP contribution is 2.34. The molecule has 1 nitrogen and oxygen atoms in total. The van der Waals surface area contributed by atoms with Crippen LogP contribution in [-0.4, -0.2) is 0 Å². The average molecular weight is 271 g/mol. The van der Waals surface area contributed by atoms with E-state index in [-0.39, 0.29) is 10.0 Å². The molecule has 88 valence electrons. The van der Waals surface area contributed by atoms with Gasteiger partial charge in [0, 0.05) is 0 Å². The van der Waals surface area contributed by atoms with Gasteiger partial charge >= 0.3 is 0 Å². The third kappa shape index (κ3) is 2.90. The molecule has 0 saturated carbocycles. The van der Waals surface area contributed by atoms with Crippen LogP contribution >= 0.6 is 23.2 Å². The van der Waals surface area contributed by atoms with E-state index in [0.717, 1.165) is 5.56 Å². The van der Waals surface area contributed by atoms with Gasteiger partial charge in [0.25, 0.3) is 0 Å².